The Balaban J connectivity index is 1.81. The van der Waals surface area contributed by atoms with E-state index in [9.17, 15) is 0 Å². The first kappa shape index (κ1) is 22.8. The lowest BCUT2D eigenvalue weighted by Crippen LogP contribution is -2.39. The van der Waals surface area contributed by atoms with Gasteiger partial charge in [-0.15, -0.1) is 0 Å². The van der Waals surface area contributed by atoms with E-state index < -0.39 is 0 Å². The van der Waals surface area contributed by atoms with Gasteiger partial charge in [-0.3, -0.25) is 0 Å². The first-order valence-corrected chi connectivity index (χ1v) is 12.2. The maximum atomic E-state index is 5.23. The summed E-state index contributed by atoms with van der Waals surface area (Å²) in [5, 5.41) is 0. The number of aryl methyl sites for hydroxylation is 2. The summed E-state index contributed by atoms with van der Waals surface area (Å²) in [7, 11) is 4.23. The van der Waals surface area contributed by atoms with Gasteiger partial charge < -0.3 is 14.5 Å². The molecule has 34 heavy (non-hydrogen) atoms. The SMILES string of the molecule is Cn1cc2nc1C(C)(C)c1ccc([nH]1)C(C)(C)c1ccc([nH]1)C(C)(C)c1[nH]c(c[n+]1C)C2(C)C. The Labute approximate surface area is 202 Å². The number of nitrogens with zero attached hydrogens (tertiary/aromatic N) is 3. The van der Waals surface area contributed by atoms with Crippen LogP contribution in [0.4, 0.5) is 0 Å². The summed E-state index contributed by atoms with van der Waals surface area (Å²) in [6, 6.07) is 8.92. The Morgan fingerprint density at radius 2 is 1.18 bits per heavy atom. The molecule has 1 aliphatic heterocycles. The first-order chi connectivity index (χ1) is 15.7. The van der Waals surface area contributed by atoms with Gasteiger partial charge in [-0.05, 0) is 79.7 Å². The molecular weight excluding hydrogens is 420 g/mol. The van der Waals surface area contributed by atoms with E-state index in [0.29, 0.717) is 0 Å². The van der Waals surface area contributed by atoms with E-state index in [-0.39, 0.29) is 21.7 Å². The van der Waals surface area contributed by atoms with Crippen molar-refractivity contribution in [1.29, 1.82) is 0 Å². The lowest BCUT2D eigenvalue weighted by Gasteiger charge is -2.26. The summed E-state index contributed by atoms with van der Waals surface area (Å²) in [4.78, 5) is 16.6. The molecule has 0 aliphatic carbocycles. The van der Waals surface area contributed by atoms with Crippen LogP contribution in [-0.4, -0.2) is 24.5 Å². The molecule has 0 saturated heterocycles. The van der Waals surface area contributed by atoms with Crippen molar-refractivity contribution in [1.82, 2.24) is 24.5 Å². The zero-order chi connectivity index (χ0) is 24.8. The van der Waals surface area contributed by atoms with E-state index in [2.05, 4.69) is 130 Å². The van der Waals surface area contributed by atoms with Crippen molar-refractivity contribution in [3.8, 4) is 0 Å². The Morgan fingerprint density at radius 3 is 1.74 bits per heavy atom. The third-order valence-electron chi connectivity index (χ3n) is 8.34. The summed E-state index contributed by atoms with van der Waals surface area (Å²) in [6.07, 6.45) is 4.41. The third kappa shape index (κ3) is 3.00. The number of rotatable bonds is 0. The molecule has 4 aromatic heterocycles. The fourth-order valence-electron chi connectivity index (χ4n) is 5.55. The minimum Gasteiger partial charge on any atom is -0.361 e. The van der Waals surface area contributed by atoms with Gasteiger partial charge in [0.2, 0.25) is 0 Å². The number of nitrogens with one attached hydrogen (secondary N) is 3. The van der Waals surface area contributed by atoms with Crippen molar-refractivity contribution in [2.75, 3.05) is 0 Å². The summed E-state index contributed by atoms with van der Waals surface area (Å²) in [5.41, 5.74) is 5.98. The van der Waals surface area contributed by atoms with Crippen LogP contribution in [0.25, 0.3) is 0 Å². The Bertz CT molecular complexity index is 1280. The highest BCUT2D eigenvalue weighted by molar-refractivity contribution is 5.39. The van der Waals surface area contributed by atoms with Crippen molar-refractivity contribution in [2.45, 2.75) is 77.0 Å². The first-order valence-electron chi connectivity index (χ1n) is 12.2. The zero-order valence-corrected chi connectivity index (χ0v) is 22.3. The standard InChI is InChI=1S/C28H38N6/c1-25(2)17-11-13-19(29-17)27(5,6)23-31-21(15-33(23)9)26(3,4)22-16-34(10)24(32-22)28(7,8)20-14-12-18(25)30-20/h11-16,29-30H,1-10H3/p+1. The van der Waals surface area contributed by atoms with E-state index in [0.717, 1.165) is 23.0 Å². The van der Waals surface area contributed by atoms with Crippen LogP contribution >= 0.6 is 0 Å². The van der Waals surface area contributed by atoms with E-state index in [4.69, 9.17) is 4.98 Å². The molecular formula is C28H39N6+. The molecule has 5 heterocycles. The number of hydrogen-bond donors (Lipinski definition) is 3. The van der Waals surface area contributed by atoms with E-state index in [1.807, 2.05) is 0 Å². The molecule has 0 saturated carbocycles. The molecule has 0 fully saturated rings. The van der Waals surface area contributed by atoms with Gasteiger partial charge in [-0.1, -0.05) is 0 Å². The molecule has 0 atom stereocenters. The number of imidazole rings is 2. The summed E-state index contributed by atoms with van der Waals surface area (Å²) >= 11 is 0. The third-order valence-corrected chi connectivity index (χ3v) is 8.34. The molecule has 0 aromatic carbocycles. The number of aromatic nitrogens is 6. The molecule has 5 rings (SSSR count). The van der Waals surface area contributed by atoms with Crippen LogP contribution in [0.5, 0.6) is 0 Å². The van der Waals surface area contributed by atoms with Gasteiger partial charge in [0, 0.05) is 41.4 Å². The summed E-state index contributed by atoms with van der Waals surface area (Å²) in [5.74, 6) is 2.21. The predicted molar refractivity (Wildman–Crippen MR) is 135 cm³/mol. The van der Waals surface area contributed by atoms with E-state index in [1.165, 1.54) is 22.8 Å². The predicted octanol–water partition coefficient (Wildman–Crippen LogP) is 4.85. The van der Waals surface area contributed by atoms with Gasteiger partial charge in [0.1, 0.15) is 17.4 Å². The molecule has 8 bridgehead atoms. The van der Waals surface area contributed by atoms with Crippen LogP contribution in [0.1, 0.15) is 101 Å². The minimum absolute atomic E-state index is 0.197. The van der Waals surface area contributed by atoms with Gasteiger partial charge in [0.05, 0.1) is 23.6 Å². The van der Waals surface area contributed by atoms with Gasteiger partial charge in [0.15, 0.2) is 5.69 Å². The van der Waals surface area contributed by atoms with Crippen molar-refractivity contribution >= 4 is 0 Å². The maximum Gasteiger partial charge on any atom is 0.265 e. The Hall–Kier alpha value is -3.02. The number of fused-ring (bicyclic) bond motifs is 8. The van der Waals surface area contributed by atoms with Crippen molar-refractivity contribution in [3.05, 3.63) is 82.5 Å². The van der Waals surface area contributed by atoms with Crippen LogP contribution < -0.4 is 4.57 Å². The largest absolute Gasteiger partial charge is 0.361 e. The Morgan fingerprint density at radius 1 is 0.676 bits per heavy atom. The second-order valence-corrected chi connectivity index (χ2v) is 12.3. The van der Waals surface area contributed by atoms with E-state index >= 15 is 0 Å². The maximum absolute atomic E-state index is 5.23. The second-order valence-electron chi connectivity index (χ2n) is 12.3. The second kappa shape index (κ2) is 6.77. The molecule has 3 N–H and O–H groups in total. The van der Waals surface area contributed by atoms with Crippen molar-refractivity contribution in [3.63, 3.8) is 0 Å². The van der Waals surface area contributed by atoms with Crippen LogP contribution in [0.3, 0.4) is 0 Å². The van der Waals surface area contributed by atoms with Crippen LogP contribution in [-0.2, 0) is 35.8 Å². The van der Waals surface area contributed by atoms with Gasteiger partial charge in [-0.2, -0.15) is 0 Å². The molecule has 0 amide bonds. The molecule has 0 spiro atoms. The molecule has 6 nitrogen and oxygen atoms in total. The normalized spacial score (nSPS) is 19.8. The smallest absolute Gasteiger partial charge is 0.265 e. The minimum atomic E-state index is -0.279. The fourth-order valence-corrected chi connectivity index (χ4v) is 5.55. The van der Waals surface area contributed by atoms with Crippen LogP contribution in [0.15, 0.2) is 36.7 Å². The zero-order valence-electron chi connectivity index (χ0n) is 22.3. The molecule has 0 unspecified atom stereocenters. The quantitative estimate of drug-likeness (QED) is 0.323. The summed E-state index contributed by atoms with van der Waals surface area (Å²) < 4.78 is 4.41. The highest BCUT2D eigenvalue weighted by atomic mass is 15.1. The molecule has 0 radical (unpaired) electrons. The topological polar surface area (TPSA) is 69.1 Å². The van der Waals surface area contributed by atoms with Crippen molar-refractivity contribution in [2.24, 2.45) is 14.1 Å². The van der Waals surface area contributed by atoms with Gasteiger partial charge in [0.25, 0.3) is 5.82 Å². The monoisotopic (exact) mass is 459 g/mol. The van der Waals surface area contributed by atoms with Gasteiger partial charge >= 0.3 is 0 Å². The fraction of sp³-hybridized carbons (Fsp3) is 0.500. The molecule has 1 aliphatic rings. The molecule has 6 heteroatoms. The number of aromatic amines is 3. The lowest BCUT2D eigenvalue weighted by atomic mass is 9.85. The lowest BCUT2D eigenvalue weighted by molar-refractivity contribution is -0.681. The number of H-pyrrole nitrogens is 3. The van der Waals surface area contributed by atoms with Crippen molar-refractivity contribution < 1.29 is 4.57 Å². The highest BCUT2D eigenvalue weighted by Crippen LogP contribution is 2.39. The highest BCUT2D eigenvalue weighted by Gasteiger charge is 2.42. The molecule has 4 aromatic rings. The molecule has 180 valence electrons. The average molecular weight is 460 g/mol. The van der Waals surface area contributed by atoms with E-state index in [1.54, 1.807) is 0 Å². The number of hydrogen-bond acceptors (Lipinski definition) is 1. The van der Waals surface area contributed by atoms with Crippen LogP contribution in [0.2, 0.25) is 0 Å². The Kier molecular flexibility index (Phi) is 4.53. The summed E-state index contributed by atoms with van der Waals surface area (Å²) in [6.45, 7) is 18.1. The van der Waals surface area contributed by atoms with Crippen LogP contribution in [0, 0.1) is 0 Å². The van der Waals surface area contributed by atoms with Gasteiger partial charge in [-0.25, -0.2) is 14.5 Å². The average Bonchev–Trinajstić information content (AvgIpc) is 3.51.